The largest absolute Gasteiger partial charge is 0.433 e. The highest BCUT2D eigenvalue weighted by molar-refractivity contribution is 5.95. The molecule has 2 saturated heterocycles. The molecule has 0 unspecified atom stereocenters. The minimum absolute atomic E-state index is 0.00912. The first-order valence-corrected chi connectivity index (χ1v) is 26.2. The van der Waals surface area contributed by atoms with Crippen LogP contribution in [0.1, 0.15) is 78.6 Å². The predicted molar refractivity (Wildman–Crippen MR) is 300 cm³/mol. The fourth-order valence-corrected chi connectivity index (χ4v) is 9.88. The lowest BCUT2D eigenvalue weighted by Gasteiger charge is -2.38. The van der Waals surface area contributed by atoms with Crippen LogP contribution < -0.4 is 41.7 Å². The second-order valence-corrected chi connectivity index (χ2v) is 21.8. The molecule has 6 N–H and O–H groups in total. The van der Waals surface area contributed by atoms with E-state index in [0.717, 1.165) is 61.0 Å². The van der Waals surface area contributed by atoms with E-state index in [4.69, 9.17) is 0 Å². The Kier molecular flexibility index (Phi) is 16.6. The molecule has 0 aliphatic carbocycles. The van der Waals surface area contributed by atoms with Crippen molar-refractivity contribution in [3.05, 3.63) is 145 Å². The van der Waals surface area contributed by atoms with Gasteiger partial charge in [0.2, 0.25) is 11.9 Å². The first kappa shape index (κ1) is 56.7. The third kappa shape index (κ3) is 14.4. The Bertz CT molecular complexity index is 3210. The van der Waals surface area contributed by atoms with Crippen LogP contribution in [0.3, 0.4) is 0 Å². The number of aromatic nitrogens is 6. The van der Waals surface area contributed by atoms with E-state index in [1.807, 2.05) is 48.5 Å². The molecule has 22 heteroatoms. The summed E-state index contributed by atoms with van der Waals surface area (Å²) in [6.45, 7) is 15.7. The van der Waals surface area contributed by atoms with E-state index in [1.54, 1.807) is 48.5 Å². The topological polar surface area (TPSA) is 156 Å². The van der Waals surface area contributed by atoms with Crippen molar-refractivity contribution in [1.82, 2.24) is 40.5 Å². The number of piperidine rings is 2. The molecule has 0 radical (unpaired) electrons. The summed E-state index contributed by atoms with van der Waals surface area (Å²) in [6, 6.07) is 30.6. The van der Waals surface area contributed by atoms with Gasteiger partial charge in [-0.25, -0.2) is 38.7 Å². The van der Waals surface area contributed by atoms with Crippen LogP contribution >= 0.6 is 0 Å². The Morgan fingerprint density at radius 1 is 0.438 bits per heavy atom. The fraction of sp³-hybridized carbons (Fsp3) is 0.345. The molecule has 14 nitrogen and oxygen atoms in total. The van der Waals surface area contributed by atoms with Crippen LogP contribution in [0.5, 0.6) is 0 Å². The van der Waals surface area contributed by atoms with Crippen molar-refractivity contribution in [2.75, 3.05) is 57.2 Å². The molecule has 8 aromatic rings. The SMILES string of the molecule is CC(C)(C)NC1CCN(c2c(F)c(Nc3cccc(Nc4nccc(C(F)(F)F)n4)c3)nc3ccccc23)CC1.CC(C)(C)NC1CCN(c2c(F)c(Nc3cccc(Nc4nccc(C(F)(F)F)n4)c3)nc3ccccc23)CC1. The van der Waals surface area contributed by atoms with Gasteiger partial charge >= 0.3 is 12.4 Å². The second-order valence-electron chi connectivity index (χ2n) is 21.8. The first-order valence-electron chi connectivity index (χ1n) is 26.2. The normalized spacial score (nSPS) is 14.9. The van der Waals surface area contributed by atoms with Gasteiger partial charge in [-0.05, 0) is 128 Å². The van der Waals surface area contributed by atoms with E-state index in [9.17, 15) is 26.3 Å². The maximum absolute atomic E-state index is 16.1. The number of nitrogens with one attached hydrogen (secondary N) is 6. The van der Waals surface area contributed by atoms with Crippen LogP contribution in [0, 0.1) is 11.6 Å². The Morgan fingerprint density at radius 3 is 1.14 bits per heavy atom. The van der Waals surface area contributed by atoms with Crippen LogP contribution in [-0.2, 0) is 12.4 Å². The molecule has 0 spiro atoms. The molecule has 0 bridgehead atoms. The van der Waals surface area contributed by atoms with E-state index in [1.165, 1.54) is 0 Å². The molecule has 10 rings (SSSR count). The number of rotatable bonds is 12. The third-order valence-electron chi connectivity index (χ3n) is 13.2. The van der Waals surface area contributed by atoms with E-state index in [2.05, 4.69) is 113 Å². The number of hydrogen-bond acceptors (Lipinski definition) is 14. The zero-order valence-electron chi connectivity index (χ0n) is 45.0. The molecule has 6 heterocycles. The van der Waals surface area contributed by atoms with Crippen molar-refractivity contribution in [3.63, 3.8) is 0 Å². The average molecular weight is 1110 g/mol. The van der Waals surface area contributed by atoms with Crippen molar-refractivity contribution in [3.8, 4) is 0 Å². The summed E-state index contributed by atoms with van der Waals surface area (Å²) in [5, 5.41) is 20.4. The molecule has 4 aromatic heterocycles. The molecule has 2 aliphatic rings. The quantitative estimate of drug-likeness (QED) is 0.0643. The highest BCUT2D eigenvalue weighted by Crippen LogP contribution is 2.39. The Balaban J connectivity index is 0.000000194. The molecule has 0 amide bonds. The summed E-state index contributed by atoms with van der Waals surface area (Å²) in [4.78, 5) is 28.1. The standard InChI is InChI=1S/2C29H31F4N7/c2*1-28(2,3)39-18-12-15-40(16-13-18)25-21-9-4-5-10-22(21)37-26(24(25)30)35-19-7-6-8-20(17-19)36-27-34-14-11-23(38-27)29(31,32)33/h2*4-11,14,17-18,39H,12-13,15-16H2,1-3H3,(H,35,37)(H,34,36,38). The lowest BCUT2D eigenvalue weighted by molar-refractivity contribution is -0.141. The van der Waals surface area contributed by atoms with Crippen LogP contribution in [0.2, 0.25) is 0 Å². The van der Waals surface area contributed by atoms with Crippen LogP contribution in [0.25, 0.3) is 21.8 Å². The summed E-state index contributed by atoms with van der Waals surface area (Å²) < 4.78 is 110. The van der Waals surface area contributed by atoms with Gasteiger partial charge in [-0.1, -0.05) is 48.5 Å². The highest BCUT2D eigenvalue weighted by Gasteiger charge is 2.34. The van der Waals surface area contributed by atoms with Gasteiger partial charge in [0.05, 0.1) is 22.4 Å². The number of hydrogen-bond donors (Lipinski definition) is 6. The van der Waals surface area contributed by atoms with Gasteiger partial charge in [-0.2, -0.15) is 26.3 Å². The van der Waals surface area contributed by atoms with Gasteiger partial charge in [0, 0.05) is 95.3 Å². The Hall–Kier alpha value is -7.98. The molecular formula is C58H62F8N14. The number of alkyl halides is 6. The summed E-state index contributed by atoms with van der Waals surface area (Å²) in [6.07, 6.45) is -3.53. The number of fused-ring (bicyclic) bond motifs is 2. The third-order valence-corrected chi connectivity index (χ3v) is 13.2. The van der Waals surface area contributed by atoms with Crippen LogP contribution in [0.15, 0.2) is 122 Å². The van der Waals surface area contributed by atoms with Crippen molar-refractivity contribution in [2.45, 2.75) is 103 Å². The lowest BCUT2D eigenvalue weighted by Crippen LogP contribution is -2.49. The number of benzene rings is 4. The Morgan fingerprint density at radius 2 is 0.787 bits per heavy atom. The molecule has 420 valence electrons. The Labute approximate surface area is 458 Å². The molecule has 80 heavy (non-hydrogen) atoms. The van der Waals surface area contributed by atoms with E-state index in [-0.39, 0.29) is 34.6 Å². The van der Waals surface area contributed by atoms with E-state index < -0.39 is 35.4 Å². The number of para-hydroxylation sites is 2. The number of pyridine rings is 2. The molecule has 2 fully saturated rings. The maximum atomic E-state index is 16.1. The molecule has 4 aromatic carbocycles. The van der Waals surface area contributed by atoms with Gasteiger partial charge in [-0.15, -0.1) is 0 Å². The summed E-state index contributed by atoms with van der Waals surface area (Å²) in [5.41, 5.74) is 2.10. The predicted octanol–water partition coefficient (Wildman–Crippen LogP) is 14.1. The molecular weight excluding hydrogens is 1040 g/mol. The van der Waals surface area contributed by atoms with Crippen LogP contribution in [-0.4, -0.2) is 79.2 Å². The van der Waals surface area contributed by atoms with Gasteiger partial charge in [0.1, 0.15) is 11.4 Å². The summed E-state index contributed by atoms with van der Waals surface area (Å²) in [7, 11) is 0. The molecule has 0 atom stereocenters. The van der Waals surface area contributed by atoms with E-state index in [0.29, 0.717) is 83.4 Å². The number of anilines is 10. The van der Waals surface area contributed by atoms with Crippen molar-refractivity contribution in [2.24, 2.45) is 0 Å². The second kappa shape index (κ2) is 23.4. The lowest BCUT2D eigenvalue weighted by atomic mass is 9.99. The highest BCUT2D eigenvalue weighted by atomic mass is 19.4. The summed E-state index contributed by atoms with van der Waals surface area (Å²) in [5.74, 6) is -1.18. The van der Waals surface area contributed by atoms with E-state index >= 15 is 8.78 Å². The minimum Gasteiger partial charge on any atom is -0.368 e. The van der Waals surface area contributed by atoms with Crippen molar-refractivity contribution < 1.29 is 35.1 Å². The summed E-state index contributed by atoms with van der Waals surface area (Å²) >= 11 is 0. The van der Waals surface area contributed by atoms with Gasteiger partial charge in [0.15, 0.2) is 23.3 Å². The maximum Gasteiger partial charge on any atom is 0.433 e. The first-order chi connectivity index (χ1) is 37.9. The fourth-order valence-electron chi connectivity index (χ4n) is 9.88. The van der Waals surface area contributed by atoms with Gasteiger partial charge in [0.25, 0.3) is 0 Å². The zero-order chi connectivity index (χ0) is 57.0. The molecule has 2 aliphatic heterocycles. The monoisotopic (exact) mass is 1110 g/mol. The smallest absolute Gasteiger partial charge is 0.368 e. The van der Waals surface area contributed by atoms with Crippen molar-refractivity contribution in [1.29, 1.82) is 0 Å². The zero-order valence-corrected chi connectivity index (χ0v) is 45.0. The van der Waals surface area contributed by atoms with Gasteiger partial charge in [-0.3, -0.25) is 0 Å². The number of nitrogens with zero attached hydrogens (tertiary/aromatic N) is 8. The average Bonchev–Trinajstić information content (AvgIpc) is 3.42. The van der Waals surface area contributed by atoms with Gasteiger partial charge < -0.3 is 41.7 Å². The van der Waals surface area contributed by atoms with Crippen molar-refractivity contribution >= 4 is 79.5 Å². The van der Waals surface area contributed by atoms with Crippen LogP contribution in [0.4, 0.5) is 92.8 Å². The molecule has 0 saturated carbocycles. The number of halogens is 8. The minimum atomic E-state index is -4.59.